The van der Waals surface area contributed by atoms with Crippen LogP contribution in [0.4, 0.5) is 0 Å². The van der Waals surface area contributed by atoms with E-state index in [1.165, 1.54) is 13.0 Å². The maximum absolute atomic E-state index is 11.0. The van der Waals surface area contributed by atoms with Gasteiger partial charge in [0.05, 0.1) is 0 Å². The van der Waals surface area contributed by atoms with Crippen molar-refractivity contribution in [1.29, 1.82) is 0 Å². The van der Waals surface area contributed by atoms with E-state index in [9.17, 15) is 14.9 Å². The average Bonchev–Trinajstić information content (AvgIpc) is 2.16. The molecule has 1 amide bonds. The van der Waals surface area contributed by atoms with Gasteiger partial charge < -0.3 is 10.6 Å². The van der Waals surface area contributed by atoms with Crippen LogP contribution in [0.15, 0.2) is 24.3 Å². The minimum absolute atomic E-state index is 0.229. The molecular formula is C9H10N2O4. The molecule has 0 fully saturated rings. The Kier molecular flexibility index (Phi) is 3.22. The van der Waals surface area contributed by atoms with Crippen molar-refractivity contribution >= 4 is 5.91 Å². The van der Waals surface area contributed by atoms with Gasteiger partial charge >= 0.3 is 0 Å². The molecule has 0 spiro atoms. The third-order valence-electron chi connectivity index (χ3n) is 1.91. The van der Waals surface area contributed by atoms with Crippen LogP contribution in [0, 0.1) is 10.1 Å². The smallest absolute Gasteiger partial charge is 0.295 e. The maximum atomic E-state index is 11.0. The van der Waals surface area contributed by atoms with Crippen LogP contribution >= 0.6 is 0 Å². The van der Waals surface area contributed by atoms with Crippen molar-refractivity contribution in [2.45, 2.75) is 13.0 Å². The summed E-state index contributed by atoms with van der Waals surface area (Å²) >= 11 is 0. The van der Waals surface area contributed by atoms with Crippen molar-refractivity contribution in [3.63, 3.8) is 0 Å². The number of amides is 1. The highest BCUT2D eigenvalue weighted by atomic mass is 17.0. The van der Waals surface area contributed by atoms with Crippen molar-refractivity contribution in [3.8, 4) is 0 Å². The Bertz CT molecular complexity index is 391. The van der Waals surface area contributed by atoms with Crippen molar-refractivity contribution in [3.05, 3.63) is 45.5 Å². The molecule has 80 valence electrons. The monoisotopic (exact) mass is 210 g/mol. The first-order chi connectivity index (χ1) is 7.02. The topological polar surface area (TPSA) is 95.5 Å². The molecule has 0 saturated heterocycles. The predicted molar refractivity (Wildman–Crippen MR) is 51.5 cm³/mol. The molecule has 0 bridgehead atoms. The Morgan fingerprint density at radius 3 is 2.67 bits per heavy atom. The lowest BCUT2D eigenvalue weighted by atomic mass is 10.0. The van der Waals surface area contributed by atoms with Gasteiger partial charge in [0, 0.05) is 5.56 Å². The van der Waals surface area contributed by atoms with Gasteiger partial charge in [0.2, 0.25) is 5.91 Å². The van der Waals surface area contributed by atoms with E-state index >= 15 is 0 Å². The van der Waals surface area contributed by atoms with E-state index in [1.807, 2.05) is 0 Å². The molecule has 1 unspecified atom stereocenters. The number of hydrogen-bond acceptors (Lipinski definition) is 4. The Morgan fingerprint density at radius 2 is 2.13 bits per heavy atom. The van der Waals surface area contributed by atoms with E-state index in [1.54, 1.807) is 18.2 Å². The minimum atomic E-state index is -0.900. The summed E-state index contributed by atoms with van der Waals surface area (Å²) in [6, 6.07) is 6.34. The van der Waals surface area contributed by atoms with Crippen molar-refractivity contribution in [1.82, 2.24) is 0 Å². The first kappa shape index (κ1) is 11.0. The summed E-state index contributed by atoms with van der Waals surface area (Å²) in [5.41, 5.74) is 5.75. The van der Waals surface area contributed by atoms with E-state index in [0.717, 1.165) is 0 Å². The predicted octanol–water partition coefficient (Wildman–Crippen LogP) is 1.05. The van der Waals surface area contributed by atoms with Crippen LogP contribution in [0.3, 0.4) is 0 Å². The fraction of sp³-hybridized carbons (Fsp3) is 0.222. The van der Waals surface area contributed by atoms with Gasteiger partial charge in [-0.2, -0.15) is 0 Å². The van der Waals surface area contributed by atoms with E-state index < -0.39 is 17.1 Å². The second-order valence-corrected chi connectivity index (χ2v) is 2.92. The Hall–Kier alpha value is -2.11. The number of rotatable bonds is 4. The third-order valence-corrected chi connectivity index (χ3v) is 1.91. The lowest BCUT2D eigenvalue weighted by molar-refractivity contribution is -0.770. The molecule has 0 aliphatic rings. The number of primary amides is 1. The number of nitrogens with two attached hydrogens (primary N) is 1. The molecular weight excluding hydrogens is 200 g/mol. The SMILES string of the molecule is CC(O[N+](=O)[O-])c1ccccc1C(N)=O. The molecule has 1 atom stereocenters. The fourth-order valence-corrected chi connectivity index (χ4v) is 1.26. The molecule has 0 heterocycles. The normalized spacial score (nSPS) is 11.8. The molecule has 2 N–H and O–H groups in total. The summed E-state index contributed by atoms with van der Waals surface area (Å²) < 4.78 is 0. The van der Waals surface area contributed by atoms with Gasteiger partial charge in [0.15, 0.2) is 0 Å². The first-order valence-electron chi connectivity index (χ1n) is 4.22. The lowest BCUT2D eigenvalue weighted by Gasteiger charge is -2.12. The van der Waals surface area contributed by atoms with Gasteiger partial charge in [-0.25, -0.2) is 0 Å². The first-order valence-corrected chi connectivity index (χ1v) is 4.22. The Balaban J connectivity index is 3.02. The van der Waals surface area contributed by atoms with Crippen LogP contribution in [0.1, 0.15) is 28.9 Å². The van der Waals surface area contributed by atoms with E-state index in [-0.39, 0.29) is 5.56 Å². The standard InChI is InChI=1S/C9H10N2O4/c1-6(15-11(13)14)7-4-2-3-5-8(7)9(10)12/h2-6H,1H3,(H2,10,12). The molecule has 6 heteroatoms. The molecule has 6 nitrogen and oxygen atoms in total. The summed E-state index contributed by atoms with van der Waals surface area (Å²) in [7, 11) is 0. The summed E-state index contributed by atoms with van der Waals surface area (Å²) in [4.78, 5) is 25.5. The molecule has 1 rings (SSSR count). The largest absolute Gasteiger partial charge is 0.366 e. The van der Waals surface area contributed by atoms with Crippen LogP contribution in [0.5, 0.6) is 0 Å². The molecule has 0 aromatic heterocycles. The van der Waals surface area contributed by atoms with Crippen LogP contribution in [0.25, 0.3) is 0 Å². The van der Waals surface area contributed by atoms with Gasteiger partial charge in [0.25, 0.3) is 5.09 Å². The zero-order chi connectivity index (χ0) is 11.4. The van der Waals surface area contributed by atoms with Crippen LogP contribution < -0.4 is 5.73 Å². The van der Waals surface area contributed by atoms with Gasteiger partial charge in [-0.15, -0.1) is 10.1 Å². The van der Waals surface area contributed by atoms with E-state index in [4.69, 9.17) is 5.73 Å². The molecule has 0 radical (unpaired) electrons. The quantitative estimate of drug-likeness (QED) is 0.593. The zero-order valence-corrected chi connectivity index (χ0v) is 8.04. The van der Waals surface area contributed by atoms with Crippen LogP contribution in [-0.4, -0.2) is 11.0 Å². The highest BCUT2D eigenvalue weighted by Gasteiger charge is 2.16. The summed E-state index contributed by atoms with van der Waals surface area (Å²) in [6.07, 6.45) is -0.816. The Morgan fingerprint density at radius 1 is 1.53 bits per heavy atom. The van der Waals surface area contributed by atoms with Crippen LogP contribution in [-0.2, 0) is 4.84 Å². The molecule has 0 aliphatic heterocycles. The van der Waals surface area contributed by atoms with Crippen molar-refractivity contribution in [2.24, 2.45) is 5.73 Å². The zero-order valence-electron chi connectivity index (χ0n) is 8.04. The second kappa shape index (κ2) is 4.41. The number of benzene rings is 1. The second-order valence-electron chi connectivity index (χ2n) is 2.92. The van der Waals surface area contributed by atoms with E-state index in [0.29, 0.717) is 5.56 Å². The number of hydrogen-bond donors (Lipinski definition) is 1. The molecule has 0 saturated carbocycles. The fourth-order valence-electron chi connectivity index (χ4n) is 1.26. The molecule has 0 aliphatic carbocycles. The molecule has 15 heavy (non-hydrogen) atoms. The third kappa shape index (κ3) is 2.67. The van der Waals surface area contributed by atoms with Crippen molar-refractivity contribution < 1.29 is 14.7 Å². The average molecular weight is 210 g/mol. The number of carbonyl (C=O) groups is 1. The van der Waals surface area contributed by atoms with Gasteiger partial charge in [-0.05, 0) is 18.6 Å². The molecule has 1 aromatic rings. The summed E-state index contributed by atoms with van der Waals surface area (Å²) in [6.45, 7) is 1.48. The number of nitrogens with zero attached hydrogens (tertiary/aromatic N) is 1. The van der Waals surface area contributed by atoms with Crippen molar-refractivity contribution in [2.75, 3.05) is 0 Å². The molecule has 1 aromatic carbocycles. The highest BCUT2D eigenvalue weighted by molar-refractivity contribution is 5.94. The van der Waals surface area contributed by atoms with E-state index in [2.05, 4.69) is 4.84 Å². The summed E-state index contributed by atoms with van der Waals surface area (Å²) in [5.74, 6) is -0.635. The summed E-state index contributed by atoms with van der Waals surface area (Å²) in [5, 5.41) is 9.23. The van der Waals surface area contributed by atoms with Gasteiger partial charge in [-0.1, -0.05) is 18.2 Å². The number of carbonyl (C=O) groups excluding carboxylic acids is 1. The Labute approximate surface area is 85.7 Å². The highest BCUT2D eigenvalue weighted by Crippen LogP contribution is 2.20. The van der Waals surface area contributed by atoms with Gasteiger partial charge in [0.1, 0.15) is 6.10 Å². The lowest BCUT2D eigenvalue weighted by Crippen LogP contribution is -2.16. The maximum Gasteiger partial charge on any atom is 0.295 e. The minimum Gasteiger partial charge on any atom is -0.366 e. The van der Waals surface area contributed by atoms with Crippen LogP contribution in [0.2, 0.25) is 0 Å². The van der Waals surface area contributed by atoms with Gasteiger partial charge in [-0.3, -0.25) is 4.79 Å².